The zero-order valence-corrected chi connectivity index (χ0v) is 21.6. The van der Waals surface area contributed by atoms with Crippen LogP contribution in [0.1, 0.15) is 42.1 Å². The fourth-order valence-corrected chi connectivity index (χ4v) is 4.60. The Labute approximate surface area is 224 Å². The molecule has 1 atom stereocenters. The maximum absolute atomic E-state index is 13.0. The molecule has 2 heterocycles. The first kappa shape index (κ1) is 24.4. The zero-order chi connectivity index (χ0) is 26.9. The van der Waals surface area contributed by atoms with Crippen molar-refractivity contribution in [3.63, 3.8) is 0 Å². The number of carbonyl (C=O) groups excluding carboxylic acids is 1. The van der Waals surface area contributed by atoms with Crippen LogP contribution < -0.4 is 10.9 Å². The van der Waals surface area contributed by atoms with Crippen LogP contribution in [0.4, 0.5) is 5.69 Å². The van der Waals surface area contributed by atoms with E-state index in [4.69, 9.17) is 8.83 Å². The Morgan fingerprint density at radius 3 is 2.49 bits per heavy atom. The van der Waals surface area contributed by atoms with Crippen LogP contribution in [0.3, 0.4) is 0 Å². The highest BCUT2D eigenvalue weighted by molar-refractivity contribution is 6.05. The van der Waals surface area contributed by atoms with E-state index in [0.29, 0.717) is 39.8 Å². The molecular formula is C33H26N2O4. The average Bonchev–Trinajstić information content (AvgIpc) is 3.40. The first-order chi connectivity index (χ1) is 19.0. The highest BCUT2D eigenvalue weighted by atomic mass is 16.4. The standard InChI is InChI=1S/C33H26N2O4/c1-3-20(2)22-13-16-30-28(19-22)35-32(38-30)21-11-14-26(15-12-21)34-31(36)25-9-6-8-23(17-25)27-18-24-7-4-5-10-29(24)39-33(27)37/h4-20H,3H2,1-2H3,(H,34,36). The molecule has 6 nitrogen and oxygen atoms in total. The summed E-state index contributed by atoms with van der Waals surface area (Å²) in [4.78, 5) is 30.3. The third-order valence-corrected chi connectivity index (χ3v) is 7.06. The molecule has 39 heavy (non-hydrogen) atoms. The lowest BCUT2D eigenvalue weighted by Crippen LogP contribution is -2.12. The maximum atomic E-state index is 13.0. The van der Waals surface area contributed by atoms with Gasteiger partial charge in [-0.2, -0.15) is 0 Å². The summed E-state index contributed by atoms with van der Waals surface area (Å²) in [7, 11) is 0. The number of amides is 1. The minimum atomic E-state index is -0.447. The minimum absolute atomic E-state index is 0.283. The monoisotopic (exact) mass is 514 g/mol. The normalized spacial score (nSPS) is 12.1. The Morgan fingerprint density at radius 2 is 1.67 bits per heavy atom. The molecule has 0 spiro atoms. The van der Waals surface area contributed by atoms with Crippen LogP contribution in [0.2, 0.25) is 0 Å². The number of rotatable bonds is 6. The van der Waals surface area contributed by atoms with Crippen LogP contribution in [0.15, 0.2) is 111 Å². The van der Waals surface area contributed by atoms with Gasteiger partial charge in [-0.15, -0.1) is 0 Å². The number of para-hydroxylation sites is 1. The number of hydrogen-bond acceptors (Lipinski definition) is 5. The summed E-state index contributed by atoms with van der Waals surface area (Å²) in [5.41, 5.74) is 5.81. The van der Waals surface area contributed by atoms with Gasteiger partial charge < -0.3 is 14.2 Å². The van der Waals surface area contributed by atoms with E-state index in [9.17, 15) is 9.59 Å². The lowest BCUT2D eigenvalue weighted by atomic mass is 9.98. The van der Waals surface area contributed by atoms with Crippen LogP contribution >= 0.6 is 0 Å². The van der Waals surface area contributed by atoms with Crippen molar-refractivity contribution < 1.29 is 13.6 Å². The topological polar surface area (TPSA) is 85.3 Å². The number of hydrogen-bond donors (Lipinski definition) is 1. The fourth-order valence-electron chi connectivity index (χ4n) is 4.60. The Hall–Kier alpha value is -4.97. The Morgan fingerprint density at radius 1 is 0.846 bits per heavy atom. The number of anilines is 1. The molecule has 0 aliphatic rings. The molecular weight excluding hydrogens is 488 g/mol. The van der Waals surface area contributed by atoms with E-state index >= 15 is 0 Å². The second-order valence-electron chi connectivity index (χ2n) is 9.65. The molecule has 0 fully saturated rings. The molecule has 0 saturated heterocycles. The molecule has 1 N–H and O–H groups in total. The quantitative estimate of drug-likeness (QED) is 0.227. The number of nitrogens with one attached hydrogen (secondary N) is 1. The van der Waals surface area contributed by atoms with Gasteiger partial charge in [0, 0.05) is 22.2 Å². The van der Waals surface area contributed by atoms with Crippen molar-refractivity contribution in [2.24, 2.45) is 0 Å². The number of fused-ring (bicyclic) bond motifs is 2. The number of aromatic nitrogens is 1. The van der Waals surface area contributed by atoms with Crippen molar-refractivity contribution >= 4 is 33.7 Å². The average molecular weight is 515 g/mol. The Kier molecular flexibility index (Phi) is 6.29. The number of benzene rings is 4. The van der Waals surface area contributed by atoms with Crippen molar-refractivity contribution in [1.82, 2.24) is 4.98 Å². The smallest absolute Gasteiger partial charge is 0.344 e. The van der Waals surface area contributed by atoms with Crippen LogP contribution in [0.5, 0.6) is 0 Å². The lowest BCUT2D eigenvalue weighted by molar-refractivity contribution is 0.102. The van der Waals surface area contributed by atoms with Gasteiger partial charge in [0.05, 0.1) is 5.56 Å². The number of oxazole rings is 1. The molecule has 2 aromatic heterocycles. The molecule has 0 radical (unpaired) electrons. The van der Waals surface area contributed by atoms with E-state index in [-0.39, 0.29) is 5.91 Å². The van der Waals surface area contributed by atoms with Gasteiger partial charge in [-0.3, -0.25) is 4.79 Å². The molecule has 6 aromatic rings. The highest BCUT2D eigenvalue weighted by Gasteiger charge is 2.14. The maximum Gasteiger partial charge on any atom is 0.344 e. The molecule has 4 aromatic carbocycles. The predicted octanol–water partition coefficient (Wildman–Crippen LogP) is 8.03. The fraction of sp³-hybridized carbons (Fsp3) is 0.121. The van der Waals surface area contributed by atoms with E-state index in [1.165, 1.54) is 5.56 Å². The van der Waals surface area contributed by atoms with E-state index in [0.717, 1.165) is 28.5 Å². The van der Waals surface area contributed by atoms with Gasteiger partial charge in [-0.1, -0.05) is 50.2 Å². The van der Waals surface area contributed by atoms with Crippen molar-refractivity contribution in [3.8, 4) is 22.6 Å². The highest BCUT2D eigenvalue weighted by Crippen LogP contribution is 2.29. The largest absolute Gasteiger partial charge is 0.436 e. The zero-order valence-electron chi connectivity index (χ0n) is 21.6. The van der Waals surface area contributed by atoms with Gasteiger partial charge in [0.2, 0.25) is 5.89 Å². The second kappa shape index (κ2) is 10.1. The molecule has 0 bridgehead atoms. The minimum Gasteiger partial charge on any atom is -0.436 e. The van der Waals surface area contributed by atoms with Crippen LogP contribution in [-0.2, 0) is 0 Å². The number of nitrogens with zero attached hydrogens (tertiary/aromatic N) is 1. The molecule has 0 saturated carbocycles. The summed E-state index contributed by atoms with van der Waals surface area (Å²) >= 11 is 0. The molecule has 6 heteroatoms. The van der Waals surface area contributed by atoms with E-state index in [1.54, 1.807) is 36.4 Å². The first-order valence-corrected chi connectivity index (χ1v) is 12.9. The molecule has 1 unspecified atom stereocenters. The lowest BCUT2D eigenvalue weighted by Gasteiger charge is -2.08. The third-order valence-electron chi connectivity index (χ3n) is 7.06. The van der Waals surface area contributed by atoms with Crippen LogP contribution in [-0.4, -0.2) is 10.9 Å². The van der Waals surface area contributed by atoms with Gasteiger partial charge in [0.15, 0.2) is 5.58 Å². The van der Waals surface area contributed by atoms with Crippen molar-refractivity contribution in [2.45, 2.75) is 26.2 Å². The SMILES string of the molecule is CCC(C)c1ccc2oc(-c3ccc(NC(=O)c4cccc(-c5cc6ccccc6oc5=O)c4)cc3)nc2c1. The summed E-state index contributed by atoms with van der Waals surface area (Å²) in [6, 6.07) is 29.6. The summed E-state index contributed by atoms with van der Waals surface area (Å²) in [5.74, 6) is 0.711. The molecule has 0 aliphatic heterocycles. The summed E-state index contributed by atoms with van der Waals surface area (Å²) in [6.45, 7) is 4.37. The Balaban J connectivity index is 1.21. The summed E-state index contributed by atoms with van der Waals surface area (Å²) in [6.07, 6.45) is 1.06. The summed E-state index contributed by atoms with van der Waals surface area (Å²) in [5, 5.41) is 3.74. The van der Waals surface area contributed by atoms with Crippen molar-refractivity contribution in [3.05, 3.63) is 119 Å². The van der Waals surface area contributed by atoms with Gasteiger partial charge in [-0.25, -0.2) is 9.78 Å². The van der Waals surface area contributed by atoms with E-state index in [1.807, 2.05) is 48.5 Å². The van der Waals surface area contributed by atoms with E-state index in [2.05, 4.69) is 36.3 Å². The van der Waals surface area contributed by atoms with Gasteiger partial charge in [0.1, 0.15) is 11.1 Å². The third kappa shape index (κ3) is 4.84. The van der Waals surface area contributed by atoms with Crippen molar-refractivity contribution in [2.75, 3.05) is 5.32 Å². The Bertz CT molecular complexity index is 1880. The summed E-state index contributed by atoms with van der Waals surface area (Å²) < 4.78 is 11.4. The van der Waals surface area contributed by atoms with Crippen LogP contribution in [0, 0.1) is 0 Å². The first-order valence-electron chi connectivity index (χ1n) is 12.9. The van der Waals surface area contributed by atoms with Crippen molar-refractivity contribution in [1.29, 1.82) is 0 Å². The second-order valence-corrected chi connectivity index (χ2v) is 9.65. The van der Waals surface area contributed by atoms with Gasteiger partial charge in [-0.05, 0) is 84.1 Å². The predicted molar refractivity (Wildman–Crippen MR) is 154 cm³/mol. The number of carbonyl (C=O) groups is 1. The molecule has 1 amide bonds. The van der Waals surface area contributed by atoms with Crippen LogP contribution in [0.25, 0.3) is 44.7 Å². The molecule has 0 aliphatic carbocycles. The van der Waals surface area contributed by atoms with Gasteiger partial charge in [0.25, 0.3) is 5.91 Å². The van der Waals surface area contributed by atoms with Gasteiger partial charge >= 0.3 is 5.63 Å². The van der Waals surface area contributed by atoms with E-state index < -0.39 is 5.63 Å². The molecule has 6 rings (SSSR count). The molecule has 192 valence electrons.